The highest BCUT2D eigenvalue weighted by molar-refractivity contribution is 9.10. The fourth-order valence-electron chi connectivity index (χ4n) is 5.63. The first kappa shape index (κ1) is 24.1. The van der Waals surface area contributed by atoms with Crippen molar-refractivity contribution in [2.75, 3.05) is 32.7 Å². The Morgan fingerprint density at radius 2 is 1.88 bits per heavy atom. The van der Waals surface area contributed by atoms with E-state index in [0.717, 1.165) is 58.4 Å². The Morgan fingerprint density at radius 1 is 1.12 bits per heavy atom. The van der Waals surface area contributed by atoms with Gasteiger partial charge in [0.1, 0.15) is 0 Å². The van der Waals surface area contributed by atoms with Crippen molar-refractivity contribution in [2.45, 2.75) is 38.0 Å². The Labute approximate surface area is 221 Å². The highest BCUT2D eigenvalue weighted by Crippen LogP contribution is 2.46. The maximum absolute atomic E-state index is 12.9. The molecule has 3 amide bonds. The van der Waals surface area contributed by atoms with Crippen LogP contribution in [0.4, 0.5) is 4.79 Å². The van der Waals surface area contributed by atoms with E-state index < -0.39 is 0 Å². The lowest BCUT2D eigenvalue weighted by Gasteiger charge is -2.37. The zero-order valence-electron chi connectivity index (χ0n) is 18.8. The van der Waals surface area contributed by atoms with Crippen LogP contribution in [0.5, 0.6) is 0 Å². The number of likely N-dealkylation sites (tertiary alicyclic amines) is 1. The number of hydrogen-bond donors (Lipinski definition) is 1. The minimum absolute atomic E-state index is 0.0676. The molecule has 2 aliphatic heterocycles. The number of nitrogens with one attached hydrogen (secondary N) is 1. The third kappa shape index (κ3) is 4.86. The predicted molar refractivity (Wildman–Crippen MR) is 139 cm³/mol. The molecule has 0 spiro atoms. The summed E-state index contributed by atoms with van der Waals surface area (Å²) in [5, 5.41) is 3.54. The van der Waals surface area contributed by atoms with Gasteiger partial charge in [0.2, 0.25) is 5.91 Å². The first-order valence-corrected chi connectivity index (χ1v) is 13.8. The van der Waals surface area contributed by atoms with Gasteiger partial charge >= 0.3 is 6.03 Å². The number of carbonyl (C=O) groups excluding carboxylic acids is 2. The van der Waals surface area contributed by atoms with E-state index in [1.165, 1.54) is 16.7 Å². The Morgan fingerprint density at radius 3 is 2.62 bits per heavy atom. The molecule has 1 aromatic carbocycles. The lowest BCUT2D eigenvalue weighted by Crippen LogP contribution is -2.41. The van der Waals surface area contributed by atoms with Gasteiger partial charge in [0, 0.05) is 65.2 Å². The normalized spacial score (nSPS) is 20.6. The minimum atomic E-state index is -0.0676. The van der Waals surface area contributed by atoms with Gasteiger partial charge in [0.05, 0.1) is 5.69 Å². The highest BCUT2D eigenvalue weighted by Gasteiger charge is 2.36. The SMILES string of the molecule is O=C(CCN1CCNC1=O)N1CCC(C2c3ncc(Br)cc3CCc3cc(Cl)cc(Br)c32)CC1. The molecule has 2 aromatic rings. The van der Waals surface area contributed by atoms with E-state index in [9.17, 15) is 9.59 Å². The van der Waals surface area contributed by atoms with Gasteiger partial charge in [-0.1, -0.05) is 27.5 Å². The fourth-order valence-corrected chi connectivity index (χ4v) is 7.12. The summed E-state index contributed by atoms with van der Waals surface area (Å²) < 4.78 is 2.04. The van der Waals surface area contributed by atoms with E-state index in [-0.39, 0.29) is 17.9 Å². The summed E-state index contributed by atoms with van der Waals surface area (Å²) in [5.41, 5.74) is 5.00. The molecule has 0 radical (unpaired) electrons. The second kappa shape index (κ2) is 10.2. The number of rotatable bonds is 4. The van der Waals surface area contributed by atoms with Crippen molar-refractivity contribution in [3.8, 4) is 0 Å². The summed E-state index contributed by atoms with van der Waals surface area (Å²) in [7, 11) is 0. The van der Waals surface area contributed by atoms with Crippen molar-refractivity contribution in [1.82, 2.24) is 20.1 Å². The zero-order chi connectivity index (χ0) is 23.8. The van der Waals surface area contributed by atoms with Crippen molar-refractivity contribution in [2.24, 2.45) is 5.92 Å². The Balaban J connectivity index is 1.35. The number of benzene rings is 1. The van der Waals surface area contributed by atoms with Gasteiger partial charge in [-0.25, -0.2) is 4.79 Å². The molecule has 2 saturated heterocycles. The maximum atomic E-state index is 12.9. The molecular formula is C25H27Br2ClN4O2. The van der Waals surface area contributed by atoms with Crippen LogP contribution in [0.15, 0.2) is 33.3 Å². The number of amides is 3. The van der Waals surface area contributed by atoms with Crippen LogP contribution in [0.3, 0.4) is 0 Å². The van der Waals surface area contributed by atoms with Crippen LogP contribution in [0.2, 0.25) is 5.02 Å². The van der Waals surface area contributed by atoms with Crippen LogP contribution in [0, 0.1) is 5.92 Å². The second-order valence-corrected chi connectivity index (χ2v) is 11.5. The summed E-state index contributed by atoms with van der Waals surface area (Å²) in [6.45, 7) is 3.29. The monoisotopic (exact) mass is 608 g/mol. The molecule has 34 heavy (non-hydrogen) atoms. The summed E-state index contributed by atoms with van der Waals surface area (Å²) in [4.78, 5) is 33.2. The maximum Gasteiger partial charge on any atom is 0.317 e. The number of pyridine rings is 1. The van der Waals surface area contributed by atoms with E-state index in [1.54, 1.807) is 4.90 Å². The topological polar surface area (TPSA) is 65.5 Å². The van der Waals surface area contributed by atoms with E-state index in [0.29, 0.717) is 32.0 Å². The van der Waals surface area contributed by atoms with Gasteiger partial charge in [-0.2, -0.15) is 0 Å². The number of nitrogens with zero attached hydrogens (tertiary/aromatic N) is 3. The minimum Gasteiger partial charge on any atom is -0.343 e. The van der Waals surface area contributed by atoms with E-state index in [2.05, 4.69) is 49.3 Å². The molecule has 9 heteroatoms. The smallest absolute Gasteiger partial charge is 0.317 e. The molecule has 6 nitrogen and oxygen atoms in total. The zero-order valence-corrected chi connectivity index (χ0v) is 22.8. The Bertz CT molecular complexity index is 1120. The molecule has 1 aliphatic carbocycles. The average Bonchev–Trinajstić information content (AvgIpc) is 3.15. The van der Waals surface area contributed by atoms with Crippen LogP contribution >= 0.6 is 43.5 Å². The number of halogens is 3. The van der Waals surface area contributed by atoms with Crippen LogP contribution in [-0.2, 0) is 17.6 Å². The number of fused-ring (bicyclic) bond motifs is 2. The number of hydrogen-bond acceptors (Lipinski definition) is 3. The molecule has 1 N–H and O–H groups in total. The fraction of sp³-hybridized carbons (Fsp3) is 0.480. The van der Waals surface area contributed by atoms with Gasteiger partial charge in [-0.15, -0.1) is 0 Å². The largest absolute Gasteiger partial charge is 0.343 e. The van der Waals surface area contributed by atoms with Gasteiger partial charge in [0.15, 0.2) is 0 Å². The Kier molecular flexibility index (Phi) is 7.19. The molecule has 5 rings (SSSR count). The van der Waals surface area contributed by atoms with Crippen molar-refractivity contribution in [1.29, 1.82) is 0 Å². The van der Waals surface area contributed by atoms with Crippen molar-refractivity contribution in [3.05, 3.63) is 60.7 Å². The molecular weight excluding hydrogens is 584 g/mol. The molecule has 0 saturated carbocycles. The molecule has 1 atom stereocenters. The predicted octanol–water partition coefficient (Wildman–Crippen LogP) is 5.14. The second-order valence-electron chi connectivity index (χ2n) is 9.32. The number of piperidine rings is 1. The molecule has 0 bridgehead atoms. The van der Waals surface area contributed by atoms with Gasteiger partial charge in [0.25, 0.3) is 0 Å². The molecule has 3 heterocycles. The molecule has 2 fully saturated rings. The summed E-state index contributed by atoms with van der Waals surface area (Å²) in [5.74, 6) is 0.683. The van der Waals surface area contributed by atoms with Gasteiger partial charge < -0.3 is 15.1 Å². The standard InChI is InChI=1S/C25H27Br2ClN4O2/c26-18-11-17-2-1-16-12-19(28)13-20(27)22(16)23(24(17)30-14-18)15-3-7-31(8-4-15)21(33)5-9-32-10-6-29-25(32)34/h11-15,23H,1-10H2,(H,29,34). The summed E-state index contributed by atoms with van der Waals surface area (Å²) in [6, 6.07) is 6.22. The first-order chi connectivity index (χ1) is 16.4. The highest BCUT2D eigenvalue weighted by atomic mass is 79.9. The summed E-state index contributed by atoms with van der Waals surface area (Å²) >= 11 is 13.8. The van der Waals surface area contributed by atoms with Crippen molar-refractivity contribution in [3.63, 3.8) is 0 Å². The van der Waals surface area contributed by atoms with Gasteiger partial charge in [-0.05, 0) is 82.4 Å². The quantitative estimate of drug-likeness (QED) is 0.521. The van der Waals surface area contributed by atoms with E-state index >= 15 is 0 Å². The van der Waals surface area contributed by atoms with E-state index in [4.69, 9.17) is 16.6 Å². The number of urea groups is 1. The van der Waals surface area contributed by atoms with Crippen molar-refractivity contribution < 1.29 is 9.59 Å². The average molecular weight is 611 g/mol. The third-order valence-corrected chi connectivity index (χ3v) is 8.63. The third-order valence-electron chi connectivity index (χ3n) is 7.32. The molecule has 3 aliphatic rings. The number of carbonyl (C=O) groups is 2. The summed E-state index contributed by atoms with van der Waals surface area (Å²) in [6.07, 6.45) is 5.98. The molecule has 1 aromatic heterocycles. The lowest BCUT2D eigenvalue weighted by atomic mass is 9.76. The van der Waals surface area contributed by atoms with Gasteiger partial charge in [-0.3, -0.25) is 9.78 Å². The van der Waals surface area contributed by atoms with Crippen LogP contribution < -0.4 is 5.32 Å². The number of aryl methyl sites for hydroxylation is 2. The number of aromatic nitrogens is 1. The molecule has 1 unspecified atom stereocenters. The Hall–Kier alpha value is -1.64. The van der Waals surface area contributed by atoms with Crippen LogP contribution in [-0.4, -0.2) is 59.4 Å². The first-order valence-electron chi connectivity index (χ1n) is 11.8. The van der Waals surface area contributed by atoms with Crippen LogP contribution in [0.25, 0.3) is 0 Å². The van der Waals surface area contributed by atoms with Crippen LogP contribution in [0.1, 0.15) is 47.6 Å². The lowest BCUT2D eigenvalue weighted by molar-refractivity contribution is -0.132. The van der Waals surface area contributed by atoms with E-state index in [1.807, 2.05) is 17.2 Å². The molecule has 180 valence electrons. The van der Waals surface area contributed by atoms with Crippen molar-refractivity contribution >= 4 is 55.4 Å².